The molecule has 0 unspecified atom stereocenters. The van der Waals surface area contributed by atoms with Crippen LogP contribution in [0.2, 0.25) is 0 Å². The Kier molecular flexibility index (Phi) is 1.47. The molecule has 0 radical (unpaired) electrons. The lowest BCUT2D eigenvalue weighted by molar-refractivity contribution is 0.592. The van der Waals surface area contributed by atoms with Crippen LogP contribution in [0.3, 0.4) is 0 Å². The third-order valence-electron chi connectivity index (χ3n) is 1.63. The first-order chi connectivity index (χ1) is 3.80. The zero-order chi connectivity index (χ0) is 5.98. The molecule has 0 fully saturated rings. The van der Waals surface area contributed by atoms with E-state index in [1.54, 1.807) is 0 Å². The number of hydrogen-bond donors (Lipinski definition) is 0. The molecule has 0 saturated heterocycles. The topological polar surface area (TPSA) is 12.4 Å². The Morgan fingerprint density at radius 3 is 2.38 bits per heavy atom. The number of aliphatic imine (C=N–C) groups is 1. The van der Waals surface area contributed by atoms with Gasteiger partial charge in [0.05, 0.1) is 0 Å². The van der Waals surface area contributed by atoms with Gasteiger partial charge in [0.25, 0.3) is 0 Å². The zero-order valence-corrected chi connectivity index (χ0v) is 5.33. The van der Waals surface area contributed by atoms with Crippen molar-refractivity contribution in [3.8, 4) is 0 Å². The molecule has 1 aliphatic heterocycles. The molecule has 1 heteroatoms. The van der Waals surface area contributed by atoms with Crippen molar-refractivity contribution in [2.75, 3.05) is 0 Å². The molecule has 0 aliphatic carbocycles. The molecule has 0 saturated carbocycles. The Morgan fingerprint density at radius 1 is 1.25 bits per heavy atom. The van der Waals surface area contributed by atoms with Gasteiger partial charge in [-0.1, -0.05) is 19.9 Å². The van der Waals surface area contributed by atoms with Crippen molar-refractivity contribution in [2.45, 2.75) is 13.8 Å². The van der Waals surface area contributed by atoms with Crippen LogP contribution < -0.4 is 0 Å². The van der Waals surface area contributed by atoms with Crippen molar-refractivity contribution in [1.29, 1.82) is 0 Å². The van der Waals surface area contributed by atoms with E-state index in [-0.39, 0.29) is 0 Å². The molecule has 0 amide bonds. The second-order valence-corrected chi connectivity index (χ2v) is 2.36. The number of hydrogen-bond acceptors (Lipinski definition) is 1. The first-order valence-corrected chi connectivity index (χ1v) is 3.00. The van der Waals surface area contributed by atoms with Gasteiger partial charge in [0.1, 0.15) is 0 Å². The standard InChI is InChI=1S/C7H11N/c1-6-3-4-8-5-7(6)2/h3-7H,1-2H3/t6-,7+/m1/s1. The second-order valence-electron chi connectivity index (χ2n) is 2.36. The fraction of sp³-hybridized carbons (Fsp3) is 0.571. The van der Waals surface area contributed by atoms with Crippen molar-refractivity contribution < 1.29 is 0 Å². The minimum Gasteiger partial charge on any atom is -0.269 e. The molecule has 8 heavy (non-hydrogen) atoms. The first kappa shape index (κ1) is 5.54. The Morgan fingerprint density at radius 2 is 2.00 bits per heavy atom. The van der Waals surface area contributed by atoms with Gasteiger partial charge in [0, 0.05) is 12.4 Å². The fourth-order valence-electron chi connectivity index (χ4n) is 0.682. The summed E-state index contributed by atoms with van der Waals surface area (Å²) in [5, 5.41) is 0. The SMILES string of the molecule is C[C@@H]1C=CN=C[C@@H]1C. The summed E-state index contributed by atoms with van der Waals surface area (Å²) in [6.07, 6.45) is 5.99. The van der Waals surface area contributed by atoms with Crippen LogP contribution >= 0.6 is 0 Å². The summed E-state index contributed by atoms with van der Waals surface area (Å²) in [5.74, 6) is 1.30. The van der Waals surface area contributed by atoms with E-state index in [0.717, 1.165) is 0 Å². The molecule has 0 aromatic heterocycles. The first-order valence-electron chi connectivity index (χ1n) is 3.00. The third kappa shape index (κ3) is 0.971. The third-order valence-corrected chi connectivity index (χ3v) is 1.63. The van der Waals surface area contributed by atoms with Gasteiger partial charge in [0.15, 0.2) is 0 Å². The van der Waals surface area contributed by atoms with Crippen molar-refractivity contribution in [1.82, 2.24) is 0 Å². The molecular weight excluding hydrogens is 98.1 g/mol. The van der Waals surface area contributed by atoms with E-state index < -0.39 is 0 Å². The second kappa shape index (κ2) is 2.12. The Hall–Kier alpha value is -0.590. The van der Waals surface area contributed by atoms with Crippen LogP contribution in [-0.4, -0.2) is 6.21 Å². The zero-order valence-electron chi connectivity index (χ0n) is 5.33. The quantitative estimate of drug-likeness (QED) is 0.450. The average Bonchev–Trinajstić information content (AvgIpc) is 1.77. The number of allylic oxidation sites excluding steroid dienone is 1. The van der Waals surface area contributed by atoms with Gasteiger partial charge >= 0.3 is 0 Å². The maximum absolute atomic E-state index is 4.00. The normalized spacial score (nSPS) is 35.8. The van der Waals surface area contributed by atoms with Crippen molar-refractivity contribution in [3.05, 3.63) is 12.3 Å². The predicted molar refractivity (Wildman–Crippen MR) is 36.0 cm³/mol. The average molecular weight is 109 g/mol. The summed E-state index contributed by atoms with van der Waals surface area (Å²) in [4.78, 5) is 4.00. The molecule has 0 aromatic rings. The van der Waals surface area contributed by atoms with Gasteiger partial charge in [-0.15, -0.1) is 0 Å². The molecule has 0 spiro atoms. The molecule has 1 aliphatic rings. The highest BCUT2D eigenvalue weighted by Crippen LogP contribution is 2.12. The lowest BCUT2D eigenvalue weighted by Gasteiger charge is -2.12. The smallest absolute Gasteiger partial charge is 0.0226 e. The molecule has 1 nitrogen and oxygen atoms in total. The van der Waals surface area contributed by atoms with E-state index in [1.807, 2.05) is 12.4 Å². The minimum atomic E-state index is 0.625. The molecule has 0 bridgehead atoms. The Balaban J connectivity index is 2.59. The molecular formula is C7H11N. The lowest BCUT2D eigenvalue weighted by Crippen LogP contribution is -2.08. The predicted octanol–water partition coefficient (Wildman–Crippen LogP) is 1.86. The minimum absolute atomic E-state index is 0.625. The van der Waals surface area contributed by atoms with Crippen LogP contribution in [0.15, 0.2) is 17.3 Å². The summed E-state index contributed by atoms with van der Waals surface area (Å²) in [7, 11) is 0. The maximum atomic E-state index is 4.00. The lowest BCUT2D eigenvalue weighted by atomic mass is 9.96. The largest absolute Gasteiger partial charge is 0.269 e. The monoisotopic (exact) mass is 109 g/mol. The van der Waals surface area contributed by atoms with Crippen molar-refractivity contribution >= 4 is 6.21 Å². The molecule has 0 N–H and O–H groups in total. The molecule has 44 valence electrons. The summed E-state index contributed by atoms with van der Waals surface area (Å²) < 4.78 is 0. The molecule has 1 heterocycles. The van der Waals surface area contributed by atoms with E-state index in [0.29, 0.717) is 11.8 Å². The van der Waals surface area contributed by atoms with Crippen LogP contribution in [0, 0.1) is 11.8 Å². The Labute approximate surface area is 50.1 Å². The number of rotatable bonds is 0. The summed E-state index contributed by atoms with van der Waals surface area (Å²) in [6, 6.07) is 0. The van der Waals surface area contributed by atoms with E-state index >= 15 is 0 Å². The maximum Gasteiger partial charge on any atom is 0.0226 e. The van der Waals surface area contributed by atoms with E-state index in [1.165, 1.54) is 0 Å². The Bertz CT molecular complexity index is 108. The molecule has 2 atom stereocenters. The van der Waals surface area contributed by atoms with Crippen LogP contribution in [-0.2, 0) is 0 Å². The van der Waals surface area contributed by atoms with Gasteiger partial charge in [-0.2, -0.15) is 0 Å². The van der Waals surface area contributed by atoms with Gasteiger partial charge in [-0.25, -0.2) is 0 Å². The summed E-state index contributed by atoms with van der Waals surface area (Å²) in [5.41, 5.74) is 0. The summed E-state index contributed by atoms with van der Waals surface area (Å²) >= 11 is 0. The van der Waals surface area contributed by atoms with E-state index in [4.69, 9.17) is 0 Å². The van der Waals surface area contributed by atoms with E-state index in [2.05, 4.69) is 24.9 Å². The fourth-order valence-corrected chi connectivity index (χ4v) is 0.682. The molecule has 1 rings (SSSR count). The van der Waals surface area contributed by atoms with Gasteiger partial charge < -0.3 is 0 Å². The highest BCUT2D eigenvalue weighted by atomic mass is 14.7. The van der Waals surface area contributed by atoms with Gasteiger partial charge in [-0.3, -0.25) is 4.99 Å². The van der Waals surface area contributed by atoms with Crippen LogP contribution in [0.4, 0.5) is 0 Å². The van der Waals surface area contributed by atoms with Gasteiger partial charge in [-0.05, 0) is 11.8 Å². The highest BCUT2D eigenvalue weighted by molar-refractivity contribution is 5.62. The van der Waals surface area contributed by atoms with Crippen LogP contribution in [0.5, 0.6) is 0 Å². The van der Waals surface area contributed by atoms with Gasteiger partial charge in [0.2, 0.25) is 0 Å². The summed E-state index contributed by atoms with van der Waals surface area (Å²) in [6.45, 7) is 4.38. The highest BCUT2D eigenvalue weighted by Gasteiger charge is 2.07. The van der Waals surface area contributed by atoms with Crippen LogP contribution in [0.1, 0.15) is 13.8 Å². The van der Waals surface area contributed by atoms with E-state index in [9.17, 15) is 0 Å². The number of nitrogens with zero attached hydrogens (tertiary/aromatic N) is 1. The van der Waals surface area contributed by atoms with Crippen molar-refractivity contribution in [3.63, 3.8) is 0 Å². The van der Waals surface area contributed by atoms with Crippen LogP contribution in [0.25, 0.3) is 0 Å². The molecule has 0 aromatic carbocycles. The van der Waals surface area contributed by atoms with Crippen molar-refractivity contribution in [2.24, 2.45) is 16.8 Å².